The molecule has 1 aromatic carbocycles. The van der Waals surface area contributed by atoms with Gasteiger partial charge in [0.1, 0.15) is 0 Å². The summed E-state index contributed by atoms with van der Waals surface area (Å²) in [5.74, 6) is 0. The molecule has 0 bridgehead atoms. The van der Waals surface area contributed by atoms with Gasteiger partial charge in [-0.2, -0.15) is 9.78 Å². The zero-order valence-electron chi connectivity index (χ0n) is 14.5. The number of hydrogen-bond donors (Lipinski definition) is 0. The van der Waals surface area contributed by atoms with Crippen molar-refractivity contribution in [2.45, 2.75) is 48.5 Å². The Morgan fingerprint density at radius 3 is 1.86 bits per heavy atom. The zero-order chi connectivity index (χ0) is 16.6. The maximum absolute atomic E-state index is 12.3. The van der Waals surface area contributed by atoms with E-state index in [4.69, 9.17) is 0 Å². The molecule has 1 heterocycles. The Morgan fingerprint density at radius 1 is 0.864 bits per heavy atom. The van der Waals surface area contributed by atoms with Crippen molar-refractivity contribution in [2.24, 2.45) is 5.10 Å². The molecule has 0 saturated heterocycles. The van der Waals surface area contributed by atoms with Crippen LogP contribution in [0.3, 0.4) is 0 Å². The van der Waals surface area contributed by atoms with Gasteiger partial charge in [-0.25, -0.2) is 0 Å². The largest absolute Gasteiger partial charge is 0.271 e. The van der Waals surface area contributed by atoms with Gasteiger partial charge in [-0.15, -0.1) is 0 Å². The predicted octanol–water partition coefficient (Wildman–Crippen LogP) is 4.22. The Morgan fingerprint density at radius 2 is 1.36 bits per heavy atom. The highest BCUT2D eigenvalue weighted by Gasteiger charge is 2.17. The first-order valence-electron chi connectivity index (χ1n) is 7.59. The lowest BCUT2D eigenvalue weighted by molar-refractivity contribution is 0.835. The van der Waals surface area contributed by atoms with E-state index >= 15 is 0 Å². The van der Waals surface area contributed by atoms with Crippen LogP contribution < -0.4 is 5.56 Å². The highest BCUT2D eigenvalue weighted by Crippen LogP contribution is 2.33. The molecule has 3 heteroatoms. The Labute approximate surface area is 132 Å². The average Bonchev–Trinajstić information content (AvgIpc) is 2.46. The van der Waals surface area contributed by atoms with Crippen LogP contribution in [0.4, 0.5) is 0 Å². The Bertz CT molecular complexity index is 797. The van der Waals surface area contributed by atoms with Gasteiger partial charge in [0.2, 0.25) is 0 Å². The van der Waals surface area contributed by atoms with Crippen LogP contribution in [0.25, 0.3) is 11.3 Å². The molecule has 0 aliphatic rings. The van der Waals surface area contributed by atoms with Crippen molar-refractivity contribution in [1.82, 2.24) is 4.68 Å². The van der Waals surface area contributed by atoms with Crippen LogP contribution in [0.5, 0.6) is 0 Å². The van der Waals surface area contributed by atoms with Crippen molar-refractivity contribution in [2.75, 3.05) is 0 Å². The maximum atomic E-state index is 12.3. The molecule has 1 aromatic heterocycles. The minimum atomic E-state index is -0.0946. The first-order valence-corrected chi connectivity index (χ1v) is 7.59. The van der Waals surface area contributed by atoms with Gasteiger partial charge in [0.25, 0.3) is 5.56 Å². The SMILES string of the molecule is C/C=N/n1c(-c2c(C)c(C)c(C)c(C)c2C)cc(C)cc1=O. The molecule has 3 nitrogen and oxygen atoms in total. The van der Waals surface area contributed by atoms with Crippen molar-refractivity contribution >= 4 is 6.21 Å². The summed E-state index contributed by atoms with van der Waals surface area (Å²) in [6.07, 6.45) is 1.65. The normalized spacial score (nSPS) is 11.4. The van der Waals surface area contributed by atoms with Crippen LogP contribution in [0.1, 0.15) is 40.3 Å². The molecule has 0 aliphatic heterocycles. The topological polar surface area (TPSA) is 34.4 Å². The summed E-state index contributed by atoms with van der Waals surface area (Å²) in [7, 11) is 0. The second-order valence-electron chi connectivity index (χ2n) is 5.94. The molecule has 0 fully saturated rings. The first-order chi connectivity index (χ1) is 10.3. The highest BCUT2D eigenvalue weighted by atomic mass is 16.1. The van der Waals surface area contributed by atoms with Crippen molar-refractivity contribution < 1.29 is 0 Å². The predicted molar refractivity (Wildman–Crippen MR) is 94.1 cm³/mol. The van der Waals surface area contributed by atoms with Crippen molar-refractivity contribution in [3.63, 3.8) is 0 Å². The van der Waals surface area contributed by atoms with E-state index < -0.39 is 0 Å². The molecular formula is C19H24N2O. The van der Waals surface area contributed by atoms with E-state index in [9.17, 15) is 4.79 Å². The fourth-order valence-electron chi connectivity index (χ4n) is 2.99. The number of nitrogens with zero attached hydrogens (tertiary/aromatic N) is 2. The van der Waals surface area contributed by atoms with Gasteiger partial charge in [0.15, 0.2) is 0 Å². The maximum Gasteiger partial charge on any atom is 0.271 e. The number of pyridine rings is 1. The fourth-order valence-corrected chi connectivity index (χ4v) is 2.99. The van der Waals surface area contributed by atoms with Crippen LogP contribution in [0.15, 0.2) is 22.0 Å². The minimum Gasteiger partial charge on any atom is -0.267 e. The lowest BCUT2D eigenvalue weighted by Crippen LogP contribution is -2.18. The number of aryl methyl sites for hydroxylation is 1. The van der Waals surface area contributed by atoms with E-state index in [0.717, 1.165) is 16.8 Å². The molecule has 0 saturated carbocycles. The molecule has 22 heavy (non-hydrogen) atoms. The quantitative estimate of drug-likeness (QED) is 0.764. The van der Waals surface area contributed by atoms with Crippen molar-refractivity contribution in [3.8, 4) is 11.3 Å². The zero-order valence-corrected chi connectivity index (χ0v) is 14.5. The van der Waals surface area contributed by atoms with E-state index in [1.807, 2.05) is 19.9 Å². The van der Waals surface area contributed by atoms with Crippen LogP contribution in [-0.4, -0.2) is 10.9 Å². The summed E-state index contributed by atoms with van der Waals surface area (Å²) in [5, 5.41) is 4.27. The van der Waals surface area contributed by atoms with Gasteiger partial charge in [0.05, 0.1) is 5.69 Å². The van der Waals surface area contributed by atoms with Crippen LogP contribution in [0.2, 0.25) is 0 Å². The lowest BCUT2D eigenvalue weighted by Gasteiger charge is -2.20. The van der Waals surface area contributed by atoms with E-state index in [0.29, 0.717) is 0 Å². The summed E-state index contributed by atoms with van der Waals surface area (Å²) in [5.41, 5.74) is 9.14. The second-order valence-corrected chi connectivity index (χ2v) is 5.94. The third-order valence-electron chi connectivity index (χ3n) is 4.64. The Hall–Kier alpha value is -2.16. The number of hydrogen-bond acceptors (Lipinski definition) is 2. The Balaban J connectivity index is 2.98. The van der Waals surface area contributed by atoms with Gasteiger partial charge >= 0.3 is 0 Å². The minimum absolute atomic E-state index is 0.0946. The number of rotatable bonds is 2. The summed E-state index contributed by atoms with van der Waals surface area (Å²) < 4.78 is 1.50. The monoisotopic (exact) mass is 296 g/mol. The third kappa shape index (κ3) is 2.52. The molecule has 0 radical (unpaired) electrons. The van der Waals surface area contributed by atoms with E-state index in [1.54, 1.807) is 12.3 Å². The lowest BCUT2D eigenvalue weighted by atomic mass is 9.88. The van der Waals surface area contributed by atoms with E-state index in [-0.39, 0.29) is 5.56 Å². The smallest absolute Gasteiger partial charge is 0.267 e. The summed E-state index contributed by atoms with van der Waals surface area (Å²) in [4.78, 5) is 12.3. The number of benzene rings is 1. The number of aromatic nitrogens is 1. The Kier molecular flexibility index (Phi) is 4.36. The first kappa shape index (κ1) is 16.2. The van der Waals surface area contributed by atoms with Gasteiger partial charge in [-0.3, -0.25) is 4.79 Å². The van der Waals surface area contributed by atoms with E-state index in [2.05, 4.69) is 39.7 Å². The molecule has 0 aliphatic carbocycles. The van der Waals surface area contributed by atoms with Gasteiger partial charge in [0, 0.05) is 17.8 Å². The second kappa shape index (κ2) is 5.91. The fraction of sp³-hybridized carbons (Fsp3) is 0.368. The van der Waals surface area contributed by atoms with Gasteiger partial charge in [-0.1, -0.05) is 0 Å². The van der Waals surface area contributed by atoms with E-state index in [1.165, 1.54) is 32.5 Å². The van der Waals surface area contributed by atoms with Gasteiger partial charge < -0.3 is 0 Å². The van der Waals surface area contributed by atoms with Crippen LogP contribution >= 0.6 is 0 Å². The molecule has 0 N–H and O–H groups in total. The molecule has 0 spiro atoms. The molecule has 116 valence electrons. The van der Waals surface area contributed by atoms with Crippen LogP contribution in [-0.2, 0) is 0 Å². The molecule has 2 aromatic rings. The molecule has 0 amide bonds. The van der Waals surface area contributed by atoms with Crippen molar-refractivity contribution in [1.29, 1.82) is 0 Å². The average molecular weight is 296 g/mol. The molecule has 0 atom stereocenters. The van der Waals surface area contributed by atoms with Gasteiger partial charge in [-0.05, 0) is 87.9 Å². The summed E-state index contributed by atoms with van der Waals surface area (Å²) >= 11 is 0. The molecular weight excluding hydrogens is 272 g/mol. The summed E-state index contributed by atoms with van der Waals surface area (Å²) in [6.45, 7) is 14.4. The van der Waals surface area contributed by atoms with Crippen molar-refractivity contribution in [3.05, 3.63) is 55.9 Å². The highest BCUT2D eigenvalue weighted by molar-refractivity contribution is 5.73. The third-order valence-corrected chi connectivity index (χ3v) is 4.64. The molecule has 0 unspecified atom stereocenters. The summed E-state index contributed by atoms with van der Waals surface area (Å²) in [6, 6.07) is 3.66. The van der Waals surface area contributed by atoms with Crippen LogP contribution in [0, 0.1) is 41.5 Å². The standard InChI is InChI=1S/C19H24N2O/c1-8-20-21-17(9-11(2)10-18(21)22)19-15(6)13(4)12(3)14(5)16(19)7/h8-10H,1-7H3/b20-8+. The molecule has 2 rings (SSSR count).